The third kappa shape index (κ3) is 6.39. The van der Waals surface area contributed by atoms with E-state index in [0.717, 1.165) is 39.5 Å². The molecule has 0 unspecified atom stereocenters. The first-order valence-electron chi connectivity index (χ1n) is 4.74. The molecule has 5 N–H and O–H groups in total. The summed E-state index contributed by atoms with van der Waals surface area (Å²) in [5.74, 6) is 0. The first-order valence-corrected chi connectivity index (χ1v) is 4.74. The van der Waals surface area contributed by atoms with E-state index in [9.17, 15) is 0 Å². The van der Waals surface area contributed by atoms with Crippen molar-refractivity contribution in [2.75, 3.05) is 39.5 Å². The molecule has 76 valence electrons. The summed E-state index contributed by atoms with van der Waals surface area (Å²) >= 11 is 0. The van der Waals surface area contributed by atoms with Gasteiger partial charge in [0.2, 0.25) is 0 Å². The molecule has 0 saturated carbocycles. The summed E-state index contributed by atoms with van der Waals surface area (Å²) in [6.07, 6.45) is 3.81. The summed E-state index contributed by atoms with van der Waals surface area (Å²) in [6, 6.07) is 0. The minimum absolute atomic E-state index is 0.813. The minimum Gasteiger partial charge on any atom is -0.377 e. The van der Waals surface area contributed by atoms with Gasteiger partial charge in [-0.3, -0.25) is 10.6 Å². The average molecular weight is 185 g/mol. The van der Waals surface area contributed by atoms with Crippen molar-refractivity contribution in [2.45, 2.75) is 0 Å². The summed E-state index contributed by atoms with van der Waals surface area (Å²) in [7, 11) is 0. The van der Waals surface area contributed by atoms with Crippen LogP contribution in [0.15, 0.2) is 12.4 Å². The molecule has 0 radical (unpaired) electrons. The maximum Gasteiger partial charge on any atom is 0.0648 e. The van der Waals surface area contributed by atoms with Crippen LogP contribution in [0.1, 0.15) is 0 Å². The number of nitrogens with one attached hydrogen (secondary N) is 5. The molecule has 5 heteroatoms. The Morgan fingerprint density at radius 2 is 1.08 bits per heavy atom. The van der Waals surface area contributed by atoms with Gasteiger partial charge >= 0.3 is 0 Å². The Bertz CT molecular complexity index is 122. The summed E-state index contributed by atoms with van der Waals surface area (Å²) in [6.45, 7) is 5.64. The van der Waals surface area contributed by atoms with Crippen molar-refractivity contribution in [1.29, 1.82) is 0 Å². The summed E-state index contributed by atoms with van der Waals surface area (Å²) in [5.41, 5.74) is 0. The molecule has 0 aromatic heterocycles. The highest BCUT2D eigenvalue weighted by atomic mass is 15.1. The van der Waals surface area contributed by atoms with Crippen molar-refractivity contribution in [3.63, 3.8) is 0 Å². The van der Waals surface area contributed by atoms with E-state index >= 15 is 0 Å². The predicted octanol–water partition coefficient (Wildman–Crippen LogP) is -1.67. The van der Waals surface area contributed by atoms with Gasteiger partial charge in [0.05, 0.1) is 13.3 Å². The predicted molar refractivity (Wildman–Crippen MR) is 54.0 cm³/mol. The molecule has 0 aromatic carbocycles. The van der Waals surface area contributed by atoms with Crippen LogP contribution in [-0.4, -0.2) is 39.5 Å². The van der Waals surface area contributed by atoms with E-state index in [-0.39, 0.29) is 0 Å². The standard InChI is InChI=1S/C8H19N5/c1-3-10-7-12-5-6-13-8-11-4-2-9-1/h5-6,9-13H,1-4,7-8H2/b6-5+. The fourth-order valence-corrected chi connectivity index (χ4v) is 1.04. The quantitative estimate of drug-likeness (QED) is 0.312. The van der Waals surface area contributed by atoms with Crippen molar-refractivity contribution < 1.29 is 0 Å². The number of hydrogen-bond donors (Lipinski definition) is 5. The van der Waals surface area contributed by atoms with Gasteiger partial charge in [-0.05, 0) is 0 Å². The Hall–Kier alpha value is -0.780. The highest BCUT2D eigenvalue weighted by molar-refractivity contribution is 4.76. The van der Waals surface area contributed by atoms with Gasteiger partial charge in [-0.25, -0.2) is 0 Å². The van der Waals surface area contributed by atoms with Gasteiger partial charge in [0, 0.05) is 38.6 Å². The zero-order valence-corrected chi connectivity index (χ0v) is 7.90. The Labute approximate surface area is 79.3 Å². The van der Waals surface area contributed by atoms with Gasteiger partial charge in [0.15, 0.2) is 0 Å². The summed E-state index contributed by atoms with van der Waals surface area (Å²) < 4.78 is 0. The second-order valence-corrected chi connectivity index (χ2v) is 2.85. The largest absolute Gasteiger partial charge is 0.377 e. The highest BCUT2D eigenvalue weighted by Gasteiger charge is 1.88. The minimum atomic E-state index is 0.813. The number of hydrogen-bond acceptors (Lipinski definition) is 5. The molecular weight excluding hydrogens is 166 g/mol. The Morgan fingerprint density at radius 3 is 1.62 bits per heavy atom. The topological polar surface area (TPSA) is 60.1 Å². The Morgan fingerprint density at radius 1 is 0.615 bits per heavy atom. The molecule has 0 amide bonds. The molecule has 0 spiro atoms. The first-order chi connectivity index (χ1) is 6.50. The molecule has 1 aliphatic heterocycles. The molecule has 13 heavy (non-hydrogen) atoms. The maximum absolute atomic E-state index is 3.32. The average Bonchev–Trinajstić information content (AvgIpc) is 2.18. The van der Waals surface area contributed by atoms with Gasteiger partial charge < -0.3 is 16.0 Å². The van der Waals surface area contributed by atoms with Crippen LogP contribution in [0.3, 0.4) is 0 Å². The van der Waals surface area contributed by atoms with Gasteiger partial charge in [-0.2, -0.15) is 0 Å². The third-order valence-electron chi connectivity index (χ3n) is 1.73. The molecule has 0 aliphatic carbocycles. The van der Waals surface area contributed by atoms with E-state index in [0.29, 0.717) is 0 Å². The smallest absolute Gasteiger partial charge is 0.0648 e. The lowest BCUT2D eigenvalue weighted by atomic mass is 10.5. The van der Waals surface area contributed by atoms with Crippen LogP contribution in [0.5, 0.6) is 0 Å². The van der Waals surface area contributed by atoms with Gasteiger partial charge in [0.1, 0.15) is 0 Å². The molecular formula is C8H19N5. The second-order valence-electron chi connectivity index (χ2n) is 2.85. The highest BCUT2D eigenvalue weighted by Crippen LogP contribution is 1.64. The first kappa shape index (κ1) is 10.3. The van der Waals surface area contributed by atoms with E-state index in [4.69, 9.17) is 0 Å². The lowest BCUT2D eigenvalue weighted by molar-refractivity contribution is 0.572. The van der Waals surface area contributed by atoms with Gasteiger partial charge in [-0.15, -0.1) is 0 Å². The SMILES string of the molecule is C1=C/NCNCCNCCNCN/1. The van der Waals surface area contributed by atoms with E-state index < -0.39 is 0 Å². The molecule has 0 aromatic rings. The maximum atomic E-state index is 3.32. The number of rotatable bonds is 0. The third-order valence-corrected chi connectivity index (χ3v) is 1.73. The second kappa shape index (κ2) is 7.85. The molecule has 1 aliphatic rings. The molecule has 0 saturated heterocycles. The lowest BCUT2D eigenvalue weighted by Gasteiger charge is -2.06. The van der Waals surface area contributed by atoms with Crippen molar-refractivity contribution in [1.82, 2.24) is 26.6 Å². The molecule has 0 bridgehead atoms. The molecule has 5 nitrogen and oxygen atoms in total. The van der Waals surface area contributed by atoms with E-state index in [1.807, 2.05) is 12.4 Å². The molecule has 0 fully saturated rings. The Balaban J connectivity index is 2.09. The van der Waals surface area contributed by atoms with E-state index in [2.05, 4.69) is 26.6 Å². The van der Waals surface area contributed by atoms with Crippen LogP contribution in [0, 0.1) is 0 Å². The van der Waals surface area contributed by atoms with Crippen molar-refractivity contribution in [2.24, 2.45) is 0 Å². The van der Waals surface area contributed by atoms with Crippen LogP contribution >= 0.6 is 0 Å². The van der Waals surface area contributed by atoms with Gasteiger partial charge in [0.25, 0.3) is 0 Å². The van der Waals surface area contributed by atoms with E-state index in [1.54, 1.807) is 0 Å². The zero-order chi connectivity index (χ0) is 9.19. The van der Waals surface area contributed by atoms with Crippen molar-refractivity contribution >= 4 is 0 Å². The van der Waals surface area contributed by atoms with Crippen LogP contribution in [-0.2, 0) is 0 Å². The lowest BCUT2D eigenvalue weighted by Crippen LogP contribution is -2.35. The molecule has 1 rings (SSSR count). The normalized spacial score (nSPS) is 24.0. The fourth-order valence-electron chi connectivity index (χ4n) is 1.04. The zero-order valence-electron chi connectivity index (χ0n) is 7.90. The van der Waals surface area contributed by atoms with E-state index in [1.165, 1.54) is 0 Å². The van der Waals surface area contributed by atoms with Crippen LogP contribution in [0.2, 0.25) is 0 Å². The van der Waals surface area contributed by atoms with Crippen LogP contribution in [0.4, 0.5) is 0 Å². The van der Waals surface area contributed by atoms with Crippen molar-refractivity contribution in [3.8, 4) is 0 Å². The molecule has 0 atom stereocenters. The Kier molecular flexibility index (Phi) is 6.22. The summed E-state index contributed by atoms with van der Waals surface area (Å²) in [4.78, 5) is 0. The van der Waals surface area contributed by atoms with Gasteiger partial charge in [-0.1, -0.05) is 0 Å². The molecule has 1 heterocycles. The summed E-state index contributed by atoms with van der Waals surface area (Å²) in [5, 5.41) is 16.1. The van der Waals surface area contributed by atoms with Crippen LogP contribution in [0.25, 0.3) is 0 Å². The fraction of sp³-hybridized carbons (Fsp3) is 0.750. The van der Waals surface area contributed by atoms with Crippen molar-refractivity contribution in [3.05, 3.63) is 12.4 Å². The monoisotopic (exact) mass is 185 g/mol. The van der Waals surface area contributed by atoms with Crippen LogP contribution < -0.4 is 26.6 Å².